The highest BCUT2D eigenvalue weighted by atomic mass is 35.5. The standard InChI is InChI=1S/C12H14ClNO3/c1-12(2,3)17-11(16)14-9-6-4-5-8(7-9)10(13)15/h4-7H,1-3H3,(H,14,16). The van der Waals surface area contributed by atoms with Crippen LogP contribution in [0.3, 0.4) is 0 Å². The third-order valence-corrected chi connectivity index (χ3v) is 1.95. The van der Waals surface area contributed by atoms with Gasteiger partial charge in [-0.05, 0) is 50.6 Å². The molecule has 5 heteroatoms. The van der Waals surface area contributed by atoms with Crippen LogP contribution in [0.5, 0.6) is 0 Å². The fraction of sp³-hybridized carbons (Fsp3) is 0.333. The van der Waals surface area contributed by atoms with Gasteiger partial charge in [-0.1, -0.05) is 6.07 Å². The van der Waals surface area contributed by atoms with Crippen LogP contribution in [0, 0.1) is 0 Å². The molecule has 0 aliphatic heterocycles. The second kappa shape index (κ2) is 5.19. The van der Waals surface area contributed by atoms with Gasteiger partial charge in [0.25, 0.3) is 5.24 Å². The molecule has 4 nitrogen and oxygen atoms in total. The number of benzene rings is 1. The molecule has 1 aromatic carbocycles. The first-order valence-corrected chi connectivity index (χ1v) is 5.45. The van der Waals surface area contributed by atoms with E-state index in [4.69, 9.17) is 16.3 Å². The summed E-state index contributed by atoms with van der Waals surface area (Å²) in [5.41, 5.74) is 0.218. The highest BCUT2D eigenvalue weighted by Crippen LogP contribution is 2.14. The van der Waals surface area contributed by atoms with Gasteiger partial charge in [-0.15, -0.1) is 0 Å². The van der Waals surface area contributed by atoms with Crippen LogP contribution in [0.4, 0.5) is 10.5 Å². The molecule has 1 N–H and O–H groups in total. The molecule has 0 unspecified atom stereocenters. The molecule has 0 heterocycles. The zero-order valence-electron chi connectivity index (χ0n) is 9.91. The van der Waals surface area contributed by atoms with Crippen molar-refractivity contribution in [1.82, 2.24) is 0 Å². The SMILES string of the molecule is CC(C)(C)OC(=O)Nc1cccc(C(=O)Cl)c1. The number of hydrogen-bond donors (Lipinski definition) is 1. The quantitative estimate of drug-likeness (QED) is 0.824. The lowest BCUT2D eigenvalue weighted by Gasteiger charge is -2.19. The lowest BCUT2D eigenvalue weighted by molar-refractivity contribution is 0.0635. The zero-order valence-corrected chi connectivity index (χ0v) is 10.7. The first-order chi connectivity index (χ1) is 7.78. The lowest BCUT2D eigenvalue weighted by atomic mass is 10.2. The van der Waals surface area contributed by atoms with Gasteiger partial charge in [0, 0.05) is 11.3 Å². The molecule has 0 spiro atoms. The van der Waals surface area contributed by atoms with Crippen molar-refractivity contribution in [3.8, 4) is 0 Å². The summed E-state index contributed by atoms with van der Waals surface area (Å²) in [5.74, 6) is 0. The fourth-order valence-electron chi connectivity index (χ4n) is 1.14. The molecular formula is C12H14ClNO3. The molecule has 0 aliphatic rings. The number of ether oxygens (including phenoxy) is 1. The van der Waals surface area contributed by atoms with Crippen molar-refractivity contribution in [1.29, 1.82) is 0 Å². The zero-order chi connectivity index (χ0) is 13.1. The van der Waals surface area contributed by atoms with Gasteiger partial charge in [0.05, 0.1) is 0 Å². The minimum atomic E-state index is -0.573. The number of hydrogen-bond acceptors (Lipinski definition) is 3. The summed E-state index contributed by atoms with van der Waals surface area (Å²) >= 11 is 5.34. The van der Waals surface area contributed by atoms with E-state index in [1.165, 1.54) is 6.07 Å². The van der Waals surface area contributed by atoms with Gasteiger partial charge in [-0.2, -0.15) is 0 Å². The Morgan fingerprint density at radius 3 is 2.47 bits per heavy atom. The summed E-state index contributed by atoms with van der Waals surface area (Å²) < 4.78 is 5.07. The van der Waals surface area contributed by atoms with Crippen molar-refractivity contribution >= 4 is 28.6 Å². The number of rotatable bonds is 2. The van der Waals surface area contributed by atoms with E-state index in [0.717, 1.165) is 0 Å². The van der Waals surface area contributed by atoms with Gasteiger partial charge in [-0.25, -0.2) is 4.79 Å². The molecule has 1 rings (SSSR count). The average molecular weight is 256 g/mol. The molecule has 1 amide bonds. The van der Waals surface area contributed by atoms with Crippen molar-refractivity contribution < 1.29 is 14.3 Å². The van der Waals surface area contributed by atoms with E-state index < -0.39 is 16.9 Å². The highest BCUT2D eigenvalue weighted by molar-refractivity contribution is 6.67. The fourth-order valence-corrected chi connectivity index (χ4v) is 1.26. The summed E-state index contributed by atoms with van der Waals surface area (Å²) in [6.07, 6.45) is -0.573. The molecule has 0 fully saturated rings. The monoisotopic (exact) mass is 255 g/mol. The van der Waals surface area contributed by atoms with E-state index in [1.807, 2.05) is 0 Å². The first-order valence-electron chi connectivity index (χ1n) is 5.08. The van der Waals surface area contributed by atoms with Gasteiger partial charge < -0.3 is 4.74 Å². The van der Waals surface area contributed by atoms with E-state index in [0.29, 0.717) is 11.3 Å². The molecule has 0 saturated heterocycles. The number of nitrogens with one attached hydrogen (secondary N) is 1. The van der Waals surface area contributed by atoms with Crippen molar-refractivity contribution in [2.75, 3.05) is 5.32 Å². The molecule has 0 aliphatic carbocycles. The Kier molecular flexibility index (Phi) is 4.12. The van der Waals surface area contributed by atoms with E-state index in [1.54, 1.807) is 39.0 Å². The molecular weight excluding hydrogens is 242 g/mol. The van der Waals surface area contributed by atoms with Crippen molar-refractivity contribution in [3.63, 3.8) is 0 Å². The Morgan fingerprint density at radius 2 is 1.94 bits per heavy atom. The maximum absolute atomic E-state index is 11.5. The average Bonchev–Trinajstić information content (AvgIpc) is 2.14. The Hall–Kier alpha value is -1.55. The number of carbonyl (C=O) groups is 2. The lowest BCUT2D eigenvalue weighted by Crippen LogP contribution is -2.27. The van der Waals surface area contributed by atoms with Crippen LogP contribution in [0.15, 0.2) is 24.3 Å². The molecule has 1 aromatic rings. The maximum Gasteiger partial charge on any atom is 0.412 e. The predicted octanol–water partition coefficient (Wildman–Crippen LogP) is 3.41. The first kappa shape index (κ1) is 13.5. The van der Waals surface area contributed by atoms with E-state index in [9.17, 15) is 9.59 Å². The van der Waals surface area contributed by atoms with Crippen LogP contribution in [-0.2, 0) is 4.74 Å². The minimum absolute atomic E-state index is 0.320. The summed E-state index contributed by atoms with van der Waals surface area (Å²) in [6.45, 7) is 5.31. The molecule has 0 aromatic heterocycles. The summed E-state index contributed by atoms with van der Waals surface area (Å²) in [5, 5.41) is 1.95. The van der Waals surface area contributed by atoms with Gasteiger partial charge in [0.15, 0.2) is 0 Å². The highest BCUT2D eigenvalue weighted by Gasteiger charge is 2.16. The number of carbonyl (C=O) groups excluding carboxylic acids is 2. The molecule has 17 heavy (non-hydrogen) atoms. The predicted molar refractivity (Wildman–Crippen MR) is 66.5 cm³/mol. The van der Waals surface area contributed by atoms with E-state index in [-0.39, 0.29) is 0 Å². The third kappa shape index (κ3) is 4.87. The Morgan fingerprint density at radius 1 is 1.29 bits per heavy atom. The largest absolute Gasteiger partial charge is 0.444 e. The number of amides is 1. The van der Waals surface area contributed by atoms with E-state index in [2.05, 4.69) is 5.32 Å². The van der Waals surface area contributed by atoms with Gasteiger partial charge in [-0.3, -0.25) is 10.1 Å². The summed E-state index contributed by atoms with van der Waals surface area (Å²) in [6, 6.07) is 6.32. The molecule has 0 saturated carbocycles. The second-order valence-corrected chi connectivity index (χ2v) is 4.82. The topological polar surface area (TPSA) is 55.4 Å². The van der Waals surface area contributed by atoms with Gasteiger partial charge in [0.1, 0.15) is 5.60 Å². The Balaban J connectivity index is 2.72. The van der Waals surface area contributed by atoms with Crippen LogP contribution in [0.2, 0.25) is 0 Å². The second-order valence-electron chi connectivity index (χ2n) is 4.48. The number of halogens is 1. The van der Waals surface area contributed by atoms with Crippen molar-refractivity contribution in [2.45, 2.75) is 26.4 Å². The Labute approximate surface area is 105 Å². The van der Waals surface area contributed by atoms with Crippen LogP contribution < -0.4 is 5.32 Å². The maximum atomic E-state index is 11.5. The Bertz CT molecular complexity index is 438. The van der Waals surface area contributed by atoms with Crippen LogP contribution in [0.25, 0.3) is 0 Å². The smallest absolute Gasteiger partial charge is 0.412 e. The van der Waals surface area contributed by atoms with Crippen molar-refractivity contribution in [2.24, 2.45) is 0 Å². The minimum Gasteiger partial charge on any atom is -0.444 e. The van der Waals surface area contributed by atoms with Crippen molar-refractivity contribution in [3.05, 3.63) is 29.8 Å². The normalized spacial score (nSPS) is 10.8. The molecule has 0 bridgehead atoms. The molecule has 92 valence electrons. The molecule has 0 atom stereocenters. The van der Waals surface area contributed by atoms with Crippen LogP contribution >= 0.6 is 11.6 Å². The molecule has 0 radical (unpaired) electrons. The summed E-state index contributed by atoms with van der Waals surface area (Å²) in [4.78, 5) is 22.4. The third-order valence-electron chi connectivity index (χ3n) is 1.73. The summed E-state index contributed by atoms with van der Waals surface area (Å²) in [7, 11) is 0. The van der Waals surface area contributed by atoms with Crippen LogP contribution in [0.1, 0.15) is 31.1 Å². The van der Waals surface area contributed by atoms with E-state index >= 15 is 0 Å². The van der Waals surface area contributed by atoms with Gasteiger partial charge in [0.2, 0.25) is 0 Å². The van der Waals surface area contributed by atoms with Gasteiger partial charge >= 0.3 is 6.09 Å². The van der Waals surface area contributed by atoms with Crippen LogP contribution in [-0.4, -0.2) is 16.9 Å². The number of anilines is 1.